The van der Waals surface area contributed by atoms with E-state index in [1.165, 1.54) is 43.2 Å². The molecule has 0 aromatic heterocycles. The molecule has 1 nitrogen and oxygen atoms in total. The fraction of sp³-hybridized carbons (Fsp3) is 0.565. The van der Waals surface area contributed by atoms with Crippen LogP contribution < -0.4 is 4.74 Å². The van der Waals surface area contributed by atoms with Crippen LogP contribution in [0.5, 0.6) is 5.75 Å². The van der Waals surface area contributed by atoms with Crippen molar-refractivity contribution in [2.75, 3.05) is 6.61 Å². The Kier molecular flexibility index (Phi) is 8.15. The van der Waals surface area contributed by atoms with Crippen LogP contribution in [0.4, 0.5) is 0 Å². The first-order valence-electron chi connectivity index (χ1n) is 9.79. The summed E-state index contributed by atoms with van der Waals surface area (Å²) in [5, 5.41) is 0. The molecule has 1 fully saturated rings. The quantitative estimate of drug-likeness (QED) is 0.452. The van der Waals surface area contributed by atoms with E-state index >= 15 is 0 Å². The average molecular weight is 327 g/mol. The van der Waals surface area contributed by atoms with Gasteiger partial charge in [-0.1, -0.05) is 57.2 Å². The van der Waals surface area contributed by atoms with E-state index in [1.54, 1.807) is 0 Å². The van der Waals surface area contributed by atoms with E-state index in [1.807, 2.05) is 6.08 Å². The number of benzene rings is 1. The van der Waals surface area contributed by atoms with Crippen molar-refractivity contribution in [1.29, 1.82) is 0 Å². The molecule has 0 bridgehead atoms. The third-order valence-corrected chi connectivity index (χ3v) is 5.15. The van der Waals surface area contributed by atoms with Crippen LogP contribution in [0.25, 0.3) is 0 Å². The molecule has 1 aliphatic carbocycles. The van der Waals surface area contributed by atoms with Crippen molar-refractivity contribution in [2.45, 2.75) is 71.1 Å². The monoisotopic (exact) mass is 326 g/mol. The second-order valence-corrected chi connectivity index (χ2v) is 7.05. The first kappa shape index (κ1) is 18.8. The maximum atomic E-state index is 5.83. The van der Waals surface area contributed by atoms with Gasteiger partial charge in [0.05, 0.1) is 0 Å². The number of hydrogen-bond donors (Lipinski definition) is 0. The minimum atomic E-state index is 0.590. The zero-order valence-corrected chi connectivity index (χ0v) is 15.6. The summed E-state index contributed by atoms with van der Waals surface area (Å²) in [6.45, 7) is 8.78. The van der Waals surface area contributed by atoms with Crippen LogP contribution in [0.2, 0.25) is 0 Å². The molecule has 0 unspecified atom stereocenters. The number of aryl methyl sites for hydroxylation is 1. The lowest BCUT2D eigenvalue weighted by Gasteiger charge is -2.28. The molecule has 1 saturated carbocycles. The van der Waals surface area contributed by atoms with Gasteiger partial charge in [0.25, 0.3) is 0 Å². The van der Waals surface area contributed by atoms with Gasteiger partial charge in [-0.25, -0.2) is 0 Å². The third kappa shape index (κ3) is 5.54. The van der Waals surface area contributed by atoms with Gasteiger partial charge >= 0.3 is 0 Å². The van der Waals surface area contributed by atoms with Crippen LogP contribution in [0.15, 0.2) is 43.0 Å². The highest BCUT2D eigenvalue weighted by atomic mass is 16.5. The van der Waals surface area contributed by atoms with E-state index in [4.69, 9.17) is 4.74 Å². The Morgan fingerprint density at radius 2 is 1.92 bits per heavy atom. The zero-order valence-electron chi connectivity index (χ0n) is 15.6. The predicted octanol–water partition coefficient (Wildman–Crippen LogP) is 6.83. The predicted molar refractivity (Wildman–Crippen MR) is 105 cm³/mol. The van der Waals surface area contributed by atoms with Gasteiger partial charge in [-0.05, 0) is 74.0 Å². The molecule has 1 aliphatic rings. The Hall–Kier alpha value is -1.50. The lowest BCUT2D eigenvalue weighted by molar-refractivity contribution is 0.327. The van der Waals surface area contributed by atoms with Crippen LogP contribution in [-0.2, 0) is 6.42 Å². The van der Waals surface area contributed by atoms with E-state index in [9.17, 15) is 0 Å². The first-order chi connectivity index (χ1) is 11.8. The lowest BCUT2D eigenvalue weighted by Crippen LogP contribution is -2.13. The highest BCUT2D eigenvalue weighted by Crippen LogP contribution is 2.38. The summed E-state index contributed by atoms with van der Waals surface area (Å²) in [4.78, 5) is 0. The summed E-state index contributed by atoms with van der Waals surface area (Å²) < 4.78 is 5.83. The molecule has 0 aliphatic heterocycles. The van der Waals surface area contributed by atoms with E-state index in [0.29, 0.717) is 6.61 Å². The van der Waals surface area contributed by atoms with Crippen molar-refractivity contribution in [1.82, 2.24) is 0 Å². The summed E-state index contributed by atoms with van der Waals surface area (Å²) in [5.74, 6) is 2.67. The fourth-order valence-corrected chi connectivity index (χ4v) is 3.79. The largest absolute Gasteiger partial charge is 0.489 e. The van der Waals surface area contributed by atoms with Crippen molar-refractivity contribution < 1.29 is 4.74 Å². The fourth-order valence-electron chi connectivity index (χ4n) is 3.79. The Labute approximate surface area is 148 Å². The van der Waals surface area contributed by atoms with E-state index in [2.05, 4.69) is 50.8 Å². The van der Waals surface area contributed by atoms with Crippen LogP contribution in [0, 0.1) is 5.92 Å². The van der Waals surface area contributed by atoms with Gasteiger partial charge in [0, 0.05) is 0 Å². The number of rotatable bonds is 9. The van der Waals surface area contributed by atoms with Crippen molar-refractivity contribution >= 4 is 0 Å². The van der Waals surface area contributed by atoms with Gasteiger partial charge < -0.3 is 4.74 Å². The number of hydrogen-bond acceptors (Lipinski definition) is 1. The molecule has 0 N–H and O–H groups in total. The summed E-state index contributed by atoms with van der Waals surface area (Å²) in [7, 11) is 0. The van der Waals surface area contributed by atoms with E-state index < -0.39 is 0 Å². The van der Waals surface area contributed by atoms with Crippen LogP contribution >= 0.6 is 0 Å². The van der Waals surface area contributed by atoms with E-state index in [0.717, 1.165) is 36.8 Å². The SMILES string of the molecule is C=CCOc1ccc([C@H]2CC[C@H](CC=CCC)CC2)cc1CCC. The number of ether oxygens (including phenoxy) is 1. The molecule has 1 aromatic rings. The minimum absolute atomic E-state index is 0.590. The summed E-state index contributed by atoms with van der Waals surface area (Å²) >= 11 is 0. The molecule has 1 aromatic carbocycles. The second kappa shape index (κ2) is 10.4. The standard InChI is InChI=1S/C23H34O/c1-4-7-8-10-19-11-13-20(14-12-19)21-15-16-23(24-17-6-3)22(18-21)9-5-2/h6-8,15-16,18-20H,3-5,9-14,17H2,1-2H3/t19-,20-. The topological polar surface area (TPSA) is 9.23 Å². The first-order valence-corrected chi connectivity index (χ1v) is 9.79. The van der Waals surface area contributed by atoms with E-state index in [-0.39, 0.29) is 0 Å². The van der Waals surface area contributed by atoms with Gasteiger partial charge in [0.15, 0.2) is 0 Å². The zero-order chi connectivity index (χ0) is 17.2. The molecule has 2 rings (SSSR count). The molecule has 0 atom stereocenters. The maximum Gasteiger partial charge on any atom is 0.122 e. The van der Waals surface area contributed by atoms with Crippen LogP contribution in [-0.4, -0.2) is 6.61 Å². The van der Waals surface area contributed by atoms with Crippen LogP contribution in [0.3, 0.4) is 0 Å². The van der Waals surface area contributed by atoms with Gasteiger partial charge in [-0.3, -0.25) is 0 Å². The molecule has 0 spiro atoms. The smallest absolute Gasteiger partial charge is 0.122 e. The molecule has 1 heteroatoms. The Morgan fingerprint density at radius 3 is 2.58 bits per heavy atom. The van der Waals surface area contributed by atoms with Crippen molar-refractivity contribution in [3.05, 3.63) is 54.1 Å². The molecule has 0 radical (unpaired) electrons. The average Bonchev–Trinajstić information content (AvgIpc) is 2.62. The molecule has 0 amide bonds. The molecule has 0 saturated heterocycles. The lowest BCUT2D eigenvalue weighted by atomic mass is 9.77. The Balaban J connectivity index is 1.98. The van der Waals surface area contributed by atoms with Crippen LogP contribution in [0.1, 0.15) is 75.8 Å². The summed E-state index contributed by atoms with van der Waals surface area (Å²) in [6.07, 6.45) is 16.6. The molecular formula is C23H34O. The van der Waals surface area contributed by atoms with Crippen molar-refractivity contribution in [3.63, 3.8) is 0 Å². The highest BCUT2D eigenvalue weighted by molar-refractivity contribution is 5.39. The van der Waals surface area contributed by atoms with Gasteiger partial charge in [0.2, 0.25) is 0 Å². The second-order valence-electron chi connectivity index (χ2n) is 7.05. The maximum absolute atomic E-state index is 5.83. The highest BCUT2D eigenvalue weighted by Gasteiger charge is 2.22. The summed E-state index contributed by atoms with van der Waals surface area (Å²) in [6, 6.07) is 6.88. The van der Waals surface area contributed by atoms with Gasteiger partial charge in [-0.2, -0.15) is 0 Å². The van der Waals surface area contributed by atoms with Crippen molar-refractivity contribution in [2.24, 2.45) is 5.92 Å². The number of allylic oxidation sites excluding steroid dienone is 2. The Morgan fingerprint density at radius 1 is 1.12 bits per heavy atom. The summed E-state index contributed by atoms with van der Waals surface area (Å²) in [5.41, 5.74) is 2.89. The molecule has 24 heavy (non-hydrogen) atoms. The molecule has 132 valence electrons. The Bertz CT molecular complexity index is 521. The molecular weight excluding hydrogens is 292 g/mol. The van der Waals surface area contributed by atoms with Gasteiger partial charge in [-0.15, -0.1) is 0 Å². The normalized spacial score (nSPS) is 21.1. The third-order valence-electron chi connectivity index (χ3n) is 5.15. The van der Waals surface area contributed by atoms with Crippen molar-refractivity contribution in [3.8, 4) is 5.75 Å². The van der Waals surface area contributed by atoms with Gasteiger partial charge in [0.1, 0.15) is 12.4 Å². The minimum Gasteiger partial charge on any atom is -0.489 e. The molecule has 0 heterocycles.